The van der Waals surface area contributed by atoms with E-state index in [1.165, 1.54) is 4.90 Å². The molecule has 0 aromatic rings. The van der Waals surface area contributed by atoms with Gasteiger partial charge in [0.1, 0.15) is 5.92 Å². The van der Waals surface area contributed by atoms with E-state index in [9.17, 15) is 14.4 Å². The van der Waals surface area contributed by atoms with Crippen LogP contribution in [0.2, 0.25) is 0 Å². The zero-order valence-electron chi connectivity index (χ0n) is 12.9. The third-order valence-electron chi connectivity index (χ3n) is 4.12. The molecule has 1 atom stereocenters. The quantitative estimate of drug-likeness (QED) is 0.641. The highest BCUT2D eigenvalue weighted by atomic mass is 16.2. The summed E-state index contributed by atoms with van der Waals surface area (Å²) in [4.78, 5) is 38.0. The van der Waals surface area contributed by atoms with Gasteiger partial charge in [0.25, 0.3) is 0 Å². The van der Waals surface area contributed by atoms with E-state index in [1.807, 2.05) is 13.0 Å². The second kappa shape index (κ2) is 7.20. The predicted molar refractivity (Wildman–Crippen MR) is 83.8 cm³/mol. The lowest BCUT2D eigenvalue weighted by Gasteiger charge is -2.37. The zero-order chi connectivity index (χ0) is 16.1. The van der Waals surface area contributed by atoms with E-state index in [2.05, 4.69) is 11.9 Å². The van der Waals surface area contributed by atoms with E-state index in [0.29, 0.717) is 5.57 Å². The monoisotopic (exact) mass is 302 g/mol. The first-order chi connectivity index (χ1) is 10.6. The van der Waals surface area contributed by atoms with E-state index in [-0.39, 0.29) is 6.04 Å². The molecule has 0 aromatic carbocycles. The fourth-order valence-corrected chi connectivity index (χ4v) is 2.99. The van der Waals surface area contributed by atoms with Gasteiger partial charge in [-0.1, -0.05) is 50.1 Å². The first-order valence-electron chi connectivity index (χ1n) is 7.72. The van der Waals surface area contributed by atoms with E-state index < -0.39 is 23.8 Å². The summed E-state index contributed by atoms with van der Waals surface area (Å²) in [6, 6.07) is -0.701. The van der Waals surface area contributed by atoms with E-state index in [4.69, 9.17) is 0 Å². The lowest BCUT2D eigenvalue weighted by Crippen LogP contribution is -2.61. The van der Waals surface area contributed by atoms with Gasteiger partial charge in [0, 0.05) is 6.04 Å². The van der Waals surface area contributed by atoms with Crippen molar-refractivity contribution < 1.29 is 14.4 Å². The molecule has 1 aliphatic carbocycles. The van der Waals surface area contributed by atoms with Crippen molar-refractivity contribution in [3.8, 4) is 0 Å². The Morgan fingerprint density at radius 2 is 1.86 bits per heavy atom. The molecule has 2 fully saturated rings. The highest BCUT2D eigenvalue weighted by molar-refractivity contribution is 6.18. The van der Waals surface area contributed by atoms with Crippen LogP contribution in [0.1, 0.15) is 39.0 Å². The SMILES string of the molecule is C=C(/C=C\C=C/C)C1C(=O)NC(=O)N(C2CCCCC2)C1=O. The number of nitrogens with zero attached hydrogens (tertiary/aromatic N) is 1. The largest absolute Gasteiger partial charge is 0.331 e. The summed E-state index contributed by atoms with van der Waals surface area (Å²) in [6.45, 7) is 5.69. The minimum atomic E-state index is -1.01. The molecule has 1 aliphatic heterocycles. The number of amides is 4. The van der Waals surface area contributed by atoms with Crippen LogP contribution in [0.15, 0.2) is 36.5 Å². The Morgan fingerprint density at radius 3 is 2.50 bits per heavy atom. The normalized spacial score (nSPS) is 24.3. The van der Waals surface area contributed by atoms with Gasteiger partial charge in [0.2, 0.25) is 11.8 Å². The van der Waals surface area contributed by atoms with Crippen LogP contribution < -0.4 is 5.32 Å². The van der Waals surface area contributed by atoms with Gasteiger partial charge in [0.15, 0.2) is 0 Å². The zero-order valence-corrected chi connectivity index (χ0v) is 12.9. The second-order valence-corrected chi connectivity index (χ2v) is 5.69. The fourth-order valence-electron chi connectivity index (χ4n) is 2.99. The summed E-state index contributed by atoms with van der Waals surface area (Å²) in [6.07, 6.45) is 11.7. The molecule has 1 heterocycles. The van der Waals surface area contributed by atoms with Crippen molar-refractivity contribution in [1.29, 1.82) is 0 Å². The van der Waals surface area contributed by atoms with Crippen molar-refractivity contribution >= 4 is 17.8 Å². The third kappa shape index (κ3) is 3.35. The lowest BCUT2D eigenvalue weighted by atomic mass is 9.90. The molecule has 1 unspecified atom stereocenters. The van der Waals surface area contributed by atoms with Gasteiger partial charge in [-0.05, 0) is 25.3 Å². The number of imide groups is 2. The van der Waals surface area contributed by atoms with Gasteiger partial charge >= 0.3 is 6.03 Å². The number of hydrogen-bond donors (Lipinski definition) is 1. The first-order valence-corrected chi connectivity index (χ1v) is 7.72. The van der Waals surface area contributed by atoms with Gasteiger partial charge in [-0.25, -0.2) is 4.79 Å². The first kappa shape index (κ1) is 16.2. The Morgan fingerprint density at radius 1 is 1.18 bits per heavy atom. The number of hydrogen-bond acceptors (Lipinski definition) is 3. The molecule has 2 aliphatic rings. The maximum absolute atomic E-state index is 12.7. The van der Waals surface area contributed by atoms with Gasteiger partial charge in [-0.15, -0.1) is 0 Å². The molecule has 0 spiro atoms. The summed E-state index contributed by atoms with van der Waals surface area (Å²) in [7, 11) is 0. The van der Waals surface area contributed by atoms with Gasteiger partial charge < -0.3 is 0 Å². The smallest absolute Gasteiger partial charge is 0.277 e. The molecule has 0 bridgehead atoms. The van der Waals surface area contributed by atoms with Crippen LogP contribution in [0, 0.1) is 5.92 Å². The minimum absolute atomic E-state index is 0.107. The molecule has 4 amide bonds. The van der Waals surface area contributed by atoms with Crippen molar-refractivity contribution in [2.24, 2.45) is 5.92 Å². The highest BCUT2D eigenvalue weighted by Gasteiger charge is 2.44. The number of carbonyl (C=O) groups excluding carboxylic acids is 3. The van der Waals surface area contributed by atoms with Gasteiger partial charge in [0.05, 0.1) is 0 Å². The molecule has 0 aromatic heterocycles. The summed E-state index contributed by atoms with van der Waals surface area (Å²) >= 11 is 0. The average Bonchev–Trinajstić information content (AvgIpc) is 2.48. The summed E-state index contributed by atoms with van der Waals surface area (Å²) in [5, 5.41) is 2.29. The van der Waals surface area contributed by atoms with Crippen LogP contribution in [0.4, 0.5) is 4.79 Å². The molecule has 118 valence electrons. The molecular formula is C17H22N2O3. The topological polar surface area (TPSA) is 66.5 Å². The van der Waals surface area contributed by atoms with E-state index in [1.54, 1.807) is 18.2 Å². The van der Waals surface area contributed by atoms with E-state index >= 15 is 0 Å². The van der Waals surface area contributed by atoms with Crippen molar-refractivity contribution in [3.05, 3.63) is 36.5 Å². The van der Waals surface area contributed by atoms with Gasteiger partial charge in [-0.3, -0.25) is 19.8 Å². The summed E-state index contributed by atoms with van der Waals surface area (Å²) < 4.78 is 0. The maximum Gasteiger partial charge on any atom is 0.331 e. The predicted octanol–water partition coefficient (Wildman–Crippen LogP) is 2.70. The van der Waals surface area contributed by atoms with Crippen LogP contribution in [-0.4, -0.2) is 28.8 Å². The van der Waals surface area contributed by atoms with Crippen molar-refractivity contribution in [1.82, 2.24) is 10.2 Å². The van der Waals surface area contributed by atoms with Crippen LogP contribution in [0.3, 0.4) is 0 Å². The Hall–Kier alpha value is -2.17. The number of carbonyl (C=O) groups is 3. The standard InChI is InChI=1S/C17H22N2O3/c1-3-4-6-9-12(2)14-15(20)18-17(22)19(16(14)21)13-10-7-5-8-11-13/h3-4,6,9,13-14H,2,5,7-8,10-11H2,1H3,(H,18,20,22)/b4-3-,9-6-. The molecule has 22 heavy (non-hydrogen) atoms. The minimum Gasteiger partial charge on any atom is -0.277 e. The molecule has 5 heteroatoms. The number of rotatable bonds is 4. The third-order valence-corrected chi connectivity index (χ3v) is 4.12. The number of urea groups is 1. The highest BCUT2D eigenvalue weighted by Crippen LogP contribution is 2.27. The molecule has 1 saturated heterocycles. The number of barbiturate groups is 1. The fraction of sp³-hybridized carbons (Fsp3) is 0.471. The molecule has 2 rings (SSSR count). The molecule has 0 radical (unpaired) electrons. The second-order valence-electron chi connectivity index (χ2n) is 5.69. The summed E-state index contributed by atoms with van der Waals surface area (Å²) in [5.41, 5.74) is 0.397. The Bertz CT molecular complexity index is 542. The van der Waals surface area contributed by atoms with Crippen LogP contribution in [-0.2, 0) is 9.59 Å². The Balaban J connectivity index is 2.19. The maximum atomic E-state index is 12.7. The Kier molecular flexibility index (Phi) is 5.31. The Labute approximate surface area is 130 Å². The van der Waals surface area contributed by atoms with Crippen LogP contribution >= 0.6 is 0 Å². The molecule has 1 saturated carbocycles. The molecular weight excluding hydrogens is 280 g/mol. The van der Waals surface area contributed by atoms with Crippen LogP contribution in [0.5, 0.6) is 0 Å². The molecule has 1 N–H and O–H groups in total. The number of nitrogens with one attached hydrogen (secondary N) is 1. The summed E-state index contributed by atoms with van der Waals surface area (Å²) in [5.74, 6) is -2.05. The lowest BCUT2D eigenvalue weighted by molar-refractivity contribution is -0.142. The molecule has 5 nitrogen and oxygen atoms in total. The van der Waals surface area contributed by atoms with Gasteiger partial charge in [-0.2, -0.15) is 0 Å². The van der Waals surface area contributed by atoms with Crippen molar-refractivity contribution in [3.63, 3.8) is 0 Å². The van der Waals surface area contributed by atoms with E-state index in [0.717, 1.165) is 32.1 Å². The number of allylic oxidation sites excluding steroid dienone is 4. The van der Waals surface area contributed by atoms with Crippen molar-refractivity contribution in [2.45, 2.75) is 45.1 Å². The average molecular weight is 302 g/mol. The van der Waals surface area contributed by atoms with Crippen molar-refractivity contribution in [2.75, 3.05) is 0 Å². The van der Waals surface area contributed by atoms with Crippen LogP contribution in [0.25, 0.3) is 0 Å².